The number of sulfone groups is 1. The second-order valence-corrected chi connectivity index (χ2v) is 10.3. The molecule has 1 unspecified atom stereocenters. The average molecular weight is 314 g/mol. The van der Waals surface area contributed by atoms with E-state index >= 15 is 0 Å². The summed E-state index contributed by atoms with van der Waals surface area (Å²) in [5.74, 6) is 1.13. The molecule has 0 radical (unpaired) electrons. The normalized spacial score (nSPS) is 30.3. The van der Waals surface area contributed by atoms with Gasteiger partial charge in [-0.15, -0.1) is 0 Å². The van der Waals surface area contributed by atoms with Crippen LogP contribution >= 0.6 is 0 Å². The maximum absolute atomic E-state index is 12.1. The molecule has 122 valence electrons. The second-order valence-electron chi connectivity index (χ2n) is 7.66. The summed E-state index contributed by atoms with van der Waals surface area (Å²) in [5, 5.41) is 3.57. The van der Waals surface area contributed by atoms with Crippen LogP contribution in [-0.4, -0.2) is 55.5 Å². The van der Waals surface area contributed by atoms with E-state index in [1.54, 1.807) is 13.8 Å². The Bertz CT molecular complexity index is 465. The minimum absolute atomic E-state index is 0.250. The average Bonchev–Trinajstić information content (AvgIpc) is 3.18. The van der Waals surface area contributed by atoms with E-state index in [0.29, 0.717) is 11.8 Å². The molecule has 1 N–H and O–H groups in total. The molecule has 3 fully saturated rings. The number of nitrogens with zero attached hydrogens (tertiary/aromatic N) is 1. The van der Waals surface area contributed by atoms with Gasteiger partial charge in [0.2, 0.25) is 0 Å². The molecule has 5 heteroatoms. The largest absolute Gasteiger partial charge is 0.308 e. The summed E-state index contributed by atoms with van der Waals surface area (Å²) in [4.78, 5) is 2.51. The Kier molecular flexibility index (Phi) is 4.37. The Morgan fingerprint density at radius 2 is 1.90 bits per heavy atom. The van der Waals surface area contributed by atoms with Crippen molar-refractivity contribution in [1.29, 1.82) is 0 Å². The van der Waals surface area contributed by atoms with E-state index in [2.05, 4.69) is 10.2 Å². The lowest BCUT2D eigenvalue weighted by Crippen LogP contribution is -2.64. The van der Waals surface area contributed by atoms with Gasteiger partial charge in [-0.05, 0) is 45.4 Å². The first kappa shape index (κ1) is 15.8. The first-order chi connectivity index (χ1) is 9.92. The van der Waals surface area contributed by atoms with Gasteiger partial charge in [0.25, 0.3) is 0 Å². The molecule has 1 atom stereocenters. The van der Waals surface area contributed by atoms with Crippen molar-refractivity contribution in [3.63, 3.8) is 0 Å². The van der Waals surface area contributed by atoms with Crippen LogP contribution in [0.2, 0.25) is 0 Å². The van der Waals surface area contributed by atoms with Gasteiger partial charge in [-0.25, -0.2) is 8.42 Å². The Morgan fingerprint density at radius 3 is 2.48 bits per heavy atom. The lowest BCUT2D eigenvalue weighted by atomic mass is 9.91. The molecule has 2 aliphatic carbocycles. The van der Waals surface area contributed by atoms with Gasteiger partial charge < -0.3 is 5.32 Å². The summed E-state index contributed by atoms with van der Waals surface area (Å²) in [6.45, 7) is 6.44. The van der Waals surface area contributed by atoms with Crippen molar-refractivity contribution in [2.45, 2.75) is 69.2 Å². The van der Waals surface area contributed by atoms with Crippen LogP contribution in [0.4, 0.5) is 0 Å². The van der Waals surface area contributed by atoms with Crippen molar-refractivity contribution in [2.24, 2.45) is 5.92 Å². The molecule has 1 saturated heterocycles. The van der Waals surface area contributed by atoms with Crippen LogP contribution in [0.3, 0.4) is 0 Å². The maximum atomic E-state index is 12.1. The Morgan fingerprint density at radius 1 is 1.24 bits per heavy atom. The first-order valence-electron chi connectivity index (χ1n) is 8.63. The van der Waals surface area contributed by atoms with E-state index in [9.17, 15) is 8.42 Å². The number of hydrogen-bond acceptors (Lipinski definition) is 4. The molecule has 1 heterocycles. The van der Waals surface area contributed by atoms with Crippen LogP contribution in [0.15, 0.2) is 0 Å². The third-order valence-electron chi connectivity index (χ3n) is 5.77. The van der Waals surface area contributed by atoms with Crippen molar-refractivity contribution >= 4 is 9.84 Å². The van der Waals surface area contributed by atoms with Gasteiger partial charge in [-0.1, -0.05) is 12.8 Å². The predicted molar refractivity (Wildman–Crippen MR) is 86.2 cm³/mol. The summed E-state index contributed by atoms with van der Waals surface area (Å²) in [5.41, 5.74) is 0.285. The van der Waals surface area contributed by atoms with E-state index < -0.39 is 9.84 Å². The van der Waals surface area contributed by atoms with Gasteiger partial charge in [-0.2, -0.15) is 0 Å². The quantitative estimate of drug-likeness (QED) is 0.841. The zero-order chi connectivity index (χ0) is 15.1. The molecule has 0 aromatic carbocycles. The van der Waals surface area contributed by atoms with Gasteiger partial charge in [0.15, 0.2) is 9.84 Å². The monoisotopic (exact) mass is 314 g/mol. The number of rotatable bonds is 5. The first-order valence-corrected chi connectivity index (χ1v) is 10.3. The van der Waals surface area contributed by atoms with E-state index in [1.165, 1.54) is 38.5 Å². The topological polar surface area (TPSA) is 49.4 Å². The summed E-state index contributed by atoms with van der Waals surface area (Å²) in [6, 6.07) is 0.568. The predicted octanol–water partition coefficient (Wildman–Crippen LogP) is 1.81. The summed E-state index contributed by atoms with van der Waals surface area (Å²) in [7, 11) is -2.92. The molecule has 3 rings (SSSR count). The number of nitrogens with one attached hydrogen (secondary N) is 1. The standard InChI is InChI=1S/C16H30N2O2S/c1-13(2)21(19,20)10-9-18-12-16(7-3-4-8-16)17-11-15(18)14-5-6-14/h13-15,17H,3-12H2,1-2H3. The van der Waals surface area contributed by atoms with Crippen LogP contribution < -0.4 is 5.32 Å². The molecule has 0 aromatic heterocycles. The molecule has 0 bridgehead atoms. The second kappa shape index (κ2) is 5.82. The van der Waals surface area contributed by atoms with Crippen molar-refractivity contribution in [2.75, 3.05) is 25.4 Å². The SMILES string of the molecule is CC(C)S(=O)(=O)CCN1CC2(CCCC2)NCC1C1CC1. The third-order valence-corrected chi connectivity index (χ3v) is 7.96. The lowest BCUT2D eigenvalue weighted by Gasteiger charge is -2.46. The summed E-state index contributed by atoms with van der Waals surface area (Å²) < 4.78 is 24.3. The van der Waals surface area contributed by atoms with Crippen LogP contribution in [0, 0.1) is 5.92 Å². The smallest absolute Gasteiger partial charge is 0.153 e. The zero-order valence-corrected chi connectivity index (χ0v) is 14.3. The molecular weight excluding hydrogens is 284 g/mol. The highest BCUT2D eigenvalue weighted by molar-refractivity contribution is 7.92. The lowest BCUT2D eigenvalue weighted by molar-refractivity contribution is 0.0748. The number of hydrogen-bond donors (Lipinski definition) is 1. The maximum Gasteiger partial charge on any atom is 0.153 e. The van der Waals surface area contributed by atoms with E-state index in [0.717, 1.165) is 25.6 Å². The van der Waals surface area contributed by atoms with Crippen molar-refractivity contribution in [1.82, 2.24) is 10.2 Å². The third kappa shape index (κ3) is 3.45. The minimum atomic E-state index is -2.92. The fourth-order valence-electron chi connectivity index (χ4n) is 4.07. The fraction of sp³-hybridized carbons (Fsp3) is 1.00. The highest BCUT2D eigenvalue weighted by Gasteiger charge is 2.45. The van der Waals surface area contributed by atoms with Gasteiger partial charge in [0, 0.05) is 31.2 Å². The summed E-state index contributed by atoms with van der Waals surface area (Å²) in [6.07, 6.45) is 7.81. The van der Waals surface area contributed by atoms with Gasteiger partial charge >= 0.3 is 0 Å². The van der Waals surface area contributed by atoms with Crippen LogP contribution in [0.5, 0.6) is 0 Å². The molecule has 1 spiro atoms. The molecular formula is C16H30N2O2S. The van der Waals surface area contributed by atoms with Crippen LogP contribution in [-0.2, 0) is 9.84 Å². The molecule has 4 nitrogen and oxygen atoms in total. The Labute approximate surface area is 129 Å². The number of piperazine rings is 1. The Hall–Kier alpha value is -0.130. The molecule has 0 aromatic rings. The molecule has 1 aliphatic heterocycles. The highest BCUT2D eigenvalue weighted by Crippen LogP contribution is 2.40. The fourth-order valence-corrected chi connectivity index (χ4v) is 5.03. The van der Waals surface area contributed by atoms with Crippen molar-refractivity contribution in [3.05, 3.63) is 0 Å². The van der Waals surface area contributed by atoms with E-state index in [1.807, 2.05) is 0 Å². The molecule has 0 amide bonds. The molecule has 2 saturated carbocycles. The molecule has 21 heavy (non-hydrogen) atoms. The molecule has 3 aliphatic rings. The highest BCUT2D eigenvalue weighted by atomic mass is 32.2. The van der Waals surface area contributed by atoms with Gasteiger partial charge in [-0.3, -0.25) is 4.90 Å². The van der Waals surface area contributed by atoms with Crippen LogP contribution in [0.25, 0.3) is 0 Å². The van der Waals surface area contributed by atoms with Crippen molar-refractivity contribution in [3.8, 4) is 0 Å². The van der Waals surface area contributed by atoms with E-state index in [-0.39, 0.29) is 10.8 Å². The minimum Gasteiger partial charge on any atom is -0.308 e. The van der Waals surface area contributed by atoms with Gasteiger partial charge in [0.05, 0.1) is 11.0 Å². The van der Waals surface area contributed by atoms with E-state index in [4.69, 9.17) is 0 Å². The van der Waals surface area contributed by atoms with Crippen LogP contribution in [0.1, 0.15) is 52.4 Å². The van der Waals surface area contributed by atoms with Crippen molar-refractivity contribution < 1.29 is 8.42 Å². The summed E-state index contributed by atoms with van der Waals surface area (Å²) >= 11 is 0. The Balaban J connectivity index is 1.66. The zero-order valence-electron chi connectivity index (χ0n) is 13.5. The van der Waals surface area contributed by atoms with Gasteiger partial charge in [0.1, 0.15) is 0 Å².